The van der Waals surface area contributed by atoms with Gasteiger partial charge in [-0.1, -0.05) is 6.07 Å². The maximum absolute atomic E-state index is 9.70. The van der Waals surface area contributed by atoms with Crippen LogP contribution in [0.3, 0.4) is 0 Å². The third kappa shape index (κ3) is 3.09. The number of aliphatic hydroxyl groups is 1. The van der Waals surface area contributed by atoms with E-state index in [1.54, 1.807) is 12.4 Å². The van der Waals surface area contributed by atoms with Gasteiger partial charge < -0.3 is 16.2 Å². The van der Waals surface area contributed by atoms with Crippen molar-refractivity contribution in [1.82, 2.24) is 15.0 Å². The largest absolute Gasteiger partial charge is 0.394 e. The second-order valence-electron chi connectivity index (χ2n) is 5.59. The highest BCUT2D eigenvalue weighted by molar-refractivity contribution is 7.09. The first-order chi connectivity index (χ1) is 12.2. The predicted molar refractivity (Wildman–Crippen MR) is 101 cm³/mol. The molecule has 0 aliphatic carbocycles. The van der Waals surface area contributed by atoms with E-state index < -0.39 is 0 Å². The standard InChI is InChI=1S/C17H16N6OS/c18-17-22-13-7-10(11-3-4-19-8-11)1-2-12(13)15(23-17)21-14(9-24)16-20-5-6-25-16/h1-7,14,24H,8-9H2,(H3,18,21,22,23). The zero-order valence-corrected chi connectivity index (χ0v) is 14.1. The quantitative estimate of drug-likeness (QED) is 0.650. The van der Waals surface area contributed by atoms with E-state index in [1.807, 2.05) is 29.7 Å². The van der Waals surface area contributed by atoms with E-state index in [1.165, 1.54) is 11.3 Å². The fourth-order valence-corrected chi connectivity index (χ4v) is 3.43. The van der Waals surface area contributed by atoms with Gasteiger partial charge in [0.05, 0.1) is 18.7 Å². The van der Waals surface area contributed by atoms with Crippen LogP contribution in [0.5, 0.6) is 0 Å². The van der Waals surface area contributed by atoms with Crippen LogP contribution in [-0.4, -0.2) is 39.4 Å². The highest BCUT2D eigenvalue weighted by Gasteiger charge is 2.16. The lowest BCUT2D eigenvalue weighted by Gasteiger charge is -2.16. The number of anilines is 2. The summed E-state index contributed by atoms with van der Waals surface area (Å²) in [5.74, 6) is 0.764. The number of hydrogen-bond acceptors (Lipinski definition) is 8. The Morgan fingerprint density at radius 3 is 2.96 bits per heavy atom. The van der Waals surface area contributed by atoms with Crippen LogP contribution in [0, 0.1) is 0 Å². The van der Waals surface area contributed by atoms with Crippen LogP contribution in [0.1, 0.15) is 16.6 Å². The van der Waals surface area contributed by atoms with E-state index in [-0.39, 0.29) is 18.6 Å². The van der Waals surface area contributed by atoms with E-state index in [9.17, 15) is 5.11 Å². The summed E-state index contributed by atoms with van der Waals surface area (Å²) in [5, 5.41) is 16.4. The minimum absolute atomic E-state index is 0.0960. The molecule has 0 spiro atoms. The number of aliphatic hydroxyl groups excluding tert-OH is 1. The van der Waals surface area contributed by atoms with Crippen molar-refractivity contribution in [3.8, 4) is 0 Å². The molecule has 1 unspecified atom stereocenters. The molecule has 1 aromatic carbocycles. The zero-order valence-electron chi connectivity index (χ0n) is 13.3. The van der Waals surface area contributed by atoms with Gasteiger partial charge in [-0.2, -0.15) is 4.98 Å². The molecule has 4 rings (SSSR count). The number of nitrogen functional groups attached to an aromatic ring is 1. The second-order valence-corrected chi connectivity index (χ2v) is 6.52. The van der Waals surface area contributed by atoms with E-state index in [0.29, 0.717) is 12.4 Å². The third-order valence-corrected chi connectivity index (χ3v) is 4.86. The summed E-state index contributed by atoms with van der Waals surface area (Å²) in [6, 6.07) is 5.62. The first kappa shape index (κ1) is 15.7. The van der Waals surface area contributed by atoms with E-state index >= 15 is 0 Å². The van der Waals surface area contributed by atoms with Gasteiger partial charge in [-0.15, -0.1) is 11.3 Å². The molecule has 126 valence electrons. The molecular weight excluding hydrogens is 336 g/mol. The number of aromatic nitrogens is 3. The number of hydrogen-bond donors (Lipinski definition) is 3. The Balaban J connectivity index is 1.73. The first-order valence-electron chi connectivity index (χ1n) is 7.78. The molecule has 8 heteroatoms. The highest BCUT2D eigenvalue weighted by Crippen LogP contribution is 2.29. The summed E-state index contributed by atoms with van der Waals surface area (Å²) in [5.41, 5.74) is 8.84. The molecule has 2 aromatic heterocycles. The van der Waals surface area contributed by atoms with Crippen molar-refractivity contribution < 1.29 is 5.11 Å². The summed E-state index contributed by atoms with van der Waals surface area (Å²) in [7, 11) is 0. The van der Waals surface area contributed by atoms with Crippen molar-refractivity contribution >= 4 is 45.8 Å². The van der Waals surface area contributed by atoms with Gasteiger partial charge in [-0.3, -0.25) is 4.99 Å². The number of nitrogens with zero attached hydrogens (tertiary/aromatic N) is 4. The molecule has 0 saturated carbocycles. The van der Waals surface area contributed by atoms with Crippen molar-refractivity contribution in [3.05, 3.63) is 46.4 Å². The molecule has 4 N–H and O–H groups in total. The maximum atomic E-state index is 9.70. The number of rotatable bonds is 5. The summed E-state index contributed by atoms with van der Waals surface area (Å²) >= 11 is 1.47. The van der Waals surface area contributed by atoms with Crippen LogP contribution in [-0.2, 0) is 0 Å². The summed E-state index contributed by atoms with van der Waals surface area (Å²) in [4.78, 5) is 17.1. The van der Waals surface area contributed by atoms with Crippen molar-refractivity contribution in [2.24, 2.45) is 4.99 Å². The molecule has 7 nitrogen and oxygen atoms in total. The van der Waals surface area contributed by atoms with Crippen molar-refractivity contribution in [2.75, 3.05) is 24.2 Å². The highest BCUT2D eigenvalue weighted by atomic mass is 32.1. The molecular formula is C17H16N6OS. The van der Waals surface area contributed by atoms with Crippen LogP contribution in [0.15, 0.2) is 40.8 Å². The number of thiazole rings is 1. The average molecular weight is 352 g/mol. The summed E-state index contributed by atoms with van der Waals surface area (Å²) in [6.07, 6.45) is 5.51. The monoisotopic (exact) mass is 352 g/mol. The number of allylic oxidation sites excluding steroid dienone is 1. The number of benzene rings is 1. The molecule has 3 aromatic rings. The first-order valence-corrected chi connectivity index (χ1v) is 8.66. The van der Waals surface area contributed by atoms with Gasteiger partial charge in [-0.25, -0.2) is 9.97 Å². The zero-order chi connectivity index (χ0) is 17.2. The molecule has 25 heavy (non-hydrogen) atoms. The summed E-state index contributed by atoms with van der Waals surface area (Å²) in [6.45, 7) is 0.578. The fraction of sp³-hybridized carbons (Fsp3) is 0.176. The van der Waals surface area contributed by atoms with Crippen LogP contribution in [0.4, 0.5) is 11.8 Å². The van der Waals surface area contributed by atoms with Gasteiger partial charge in [0.2, 0.25) is 5.95 Å². The van der Waals surface area contributed by atoms with Gasteiger partial charge in [0.1, 0.15) is 16.9 Å². The molecule has 0 amide bonds. The van der Waals surface area contributed by atoms with Crippen LogP contribution in [0.25, 0.3) is 16.5 Å². The number of nitrogens with one attached hydrogen (secondary N) is 1. The van der Waals surface area contributed by atoms with Gasteiger partial charge in [0.25, 0.3) is 0 Å². The molecule has 3 heterocycles. The van der Waals surface area contributed by atoms with E-state index in [2.05, 4.69) is 25.3 Å². The molecule has 1 aliphatic heterocycles. The van der Waals surface area contributed by atoms with Crippen LogP contribution >= 0.6 is 11.3 Å². The van der Waals surface area contributed by atoms with Crippen molar-refractivity contribution in [1.29, 1.82) is 0 Å². The smallest absolute Gasteiger partial charge is 0.222 e. The molecule has 0 radical (unpaired) electrons. The van der Waals surface area contributed by atoms with Crippen LogP contribution < -0.4 is 11.1 Å². The lowest BCUT2D eigenvalue weighted by molar-refractivity contribution is 0.276. The Bertz CT molecular complexity index is 967. The Kier molecular flexibility index (Phi) is 4.12. The molecule has 1 atom stereocenters. The van der Waals surface area contributed by atoms with Gasteiger partial charge in [0, 0.05) is 23.2 Å². The Morgan fingerprint density at radius 2 is 2.24 bits per heavy atom. The van der Waals surface area contributed by atoms with E-state index in [4.69, 9.17) is 5.73 Å². The number of fused-ring (bicyclic) bond motifs is 1. The van der Waals surface area contributed by atoms with Gasteiger partial charge in [-0.05, 0) is 29.3 Å². The van der Waals surface area contributed by atoms with Gasteiger partial charge in [0.15, 0.2) is 0 Å². The van der Waals surface area contributed by atoms with Crippen molar-refractivity contribution in [2.45, 2.75) is 6.04 Å². The molecule has 0 saturated heterocycles. The van der Waals surface area contributed by atoms with Crippen LogP contribution in [0.2, 0.25) is 0 Å². The minimum atomic E-state index is -0.344. The maximum Gasteiger partial charge on any atom is 0.222 e. The SMILES string of the molecule is Nc1nc(NC(CO)c2nccs2)c2ccc(C3=CC=NC3)cc2n1. The molecule has 1 aliphatic rings. The summed E-state index contributed by atoms with van der Waals surface area (Å²) < 4.78 is 0. The third-order valence-electron chi connectivity index (χ3n) is 3.97. The fourth-order valence-electron chi connectivity index (χ4n) is 2.75. The topological polar surface area (TPSA) is 109 Å². The average Bonchev–Trinajstić information content (AvgIpc) is 3.32. The normalized spacial score (nSPS) is 14.7. The lowest BCUT2D eigenvalue weighted by Crippen LogP contribution is -2.16. The number of nitrogens with two attached hydrogens (primary N) is 1. The predicted octanol–water partition coefficient (Wildman–Crippen LogP) is 2.28. The Morgan fingerprint density at radius 1 is 1.32 bits per heavy atom. The van der Waals surface area contributed by atoms with Crippen molar-refractivity contribution in [3.63, 3.8) is 0 Å². The Labute approximate surface area is 148 Å². The Hall–Kier alpha value is -2.84. The second kappa shape index (κ2) is 6.58. The minimum Gasteiger partial charge on any atom is -0.394 e. The molecule has 0 bridgehead atoms. The van der Waals surface area contributed by atoms with E-state index in [0.717, 1.165) is 27.0 Å². The molecule has 0 fully saturated rings. The van der Waals surface area contributed by atoms with Gasteiger partial charge >= 0.3 is 0 Å². The lowest BCUT2D eigenvalue weighted by atomic mass is 10.0. The number of aliphatic imine (C=N–C) groups is 1.